The van der Waals surface area contributed by atoms with Crippen LogP contribution in [0.1, 0.15) is 22.7 Å². The molecule has 0 aliphatic heterocycles. The van der Waals surface area contributed by atoms with Crippen molar-refractivity contribution < 1.29 is 9.66 Å². The minimum atomic E-state index is -0.396. The van der Waals surface area contributed by atoms with E-state index in [1.165, 1.54) is 0 Å². The Kier molecular flexibility index (Phi) is 4.84. The number of benzene rings is 2. The molecule has 0 aliphatic carbocycles. The second-order valence-electron chi connectivity index (χ2n) is 5.91. The van der Waals surface area contributed by atoms with E-state index in [1.54, 1.807) is 6.08 Å². The number of fused-ring (bicyclic) bond motifs is 1. The number of H-pyrrole nitrogens is 1. The highest BCUT2D eigenvalue weighted by Gasteiger charge is 2.27. The molecule has 0 saturated heterocycles. The van der Waals surface area contributed by atoms with Crippen molar-refractivity contribution in [3.8, 4) is 5.75 Å². The molecule has 1 atom stereocenters. The fourth-order valence-electron chi connectivity index (χ4n) is 3.29. The zero-order chi connectivity index (χ0) is 17.8. The lowest BCUT2D eigenvalue weighted by molar-refractivity contribution is -0.481. The lowest BCUT2D eigenvalue weighted by Gasteiger charge is -2.18. The molecule has 3 aromatic rings. The summed E-state index contributed by atoms with van der Waals surface area (Å²) >= 11 is 0. The van der Waals surface area contributed by atoms with Crippen molar-refractivity contribution in [3.05, 3.63) is 88.1 Å². The topological polar surface area (TPSA) is 68.2 Å². The van der Waals surface area contributed by atoms with Gasteiger partial charge in [-0.2, -0.15) is 0 Å². The number of ether oxygens (including phenoxy) is 1. The van der Waals surface area contributed by atoms with E-state index in [0.29, 0.717) is 12.4 Å². The van der Waals surface area contributed by atoms with Crippen molar-refractivity contribution in [2.45, 2.75) is 12.8 Å². The Balaban J connectivity index is 2.17. The molecule has 0 radical (unpaired) electrons. The van der Waals surface area contributed by atoms with Crippen LogP contribution in [-0.4, -0.2) is 23.1 Å². The Morgan fingerprint density at radius 3 is 2.72 bits per heavy atom. The van der Waals surface area contributed by atoms with Crippen molar-refractivity contribution >= 4 is 10.9 Å². The largest absolute Gasteiger partial charge is 0.489 e. The third-order valence-electron chi connectivity index (χ3n) is 4.27. The Morgan fingerprint density at radius 2 is 1.96 bits per heavy atom. The molecular weight excluding hydrogens is 316 g/mol. The van der Waals surface area contributed by atoms with Crippen LogP contribution in [0.5, 0.6) is 5.75 Å². The molecular formula is C20H20N2O3. The third-order valence-corrected chi connectivity index (χ3v) is 4.27. The van der Waals surface area contributed by atoms with Crippen molar-refractivity contribution in [3.63, 3.8) is 0 Å². The second-order valence-corrected chi connectivity index (χ2v) is 5.91. The van der Waals surface area contributed by atoms with Crippen molar-refractivity contribution in [2.75, 3.05) is 13.2 Å². The Bertz CT molecular complexity index is 914. The highest BCUT2D eigenvalue weighted by Crippen LogP contribution is 2.37. The van der Waals surface area contributed by atoms with Crippen molar-refractivity contribution in [1.29, 1.82) is 0 Å². The van der Waals surface area contributed by atoms with E-state index < -0.39 is 5.92 Å². The van der Waals surface area contributed by atoms with Crippen LogP contribution in [0.25, 0.3) is 10.9 Å². The third kappa shape index (κ3) is 3.40. The van der Waals surface area contributed by atoms with Crippen LogP contribution < -0.4 is 4.74 Å². The van der Waals surface area contributed by atoms with E-state index in [9.17, 15) is 10.1 Å². The summed E-state index contributed by atoms with van der Waals surface area (Å²) < 4.78 is 5.75. The Hall–Kier alpha value is -3.08. The lowest BCUT2D eigenvalue weighted by atomic mass is 9.88. The lowest BCUT2D eigenvalue weighted by Crippen LogP contribution is -2.16. The summed E-state index contributed by atoms with van der Waals surface area (Å²) in [5.41, 5.74) is 3.68. The summed E-state index contributed by atoms with van der Waals surface area (Å²) in [6, 6.07) is 15.4. The van der Waals surface area contributed by atoms with Crippen LogP contribution in [0.4, 0.5) is 0 Å². The zero-order valence-corrected chi connectivity index (χ0v) is 14.1. The van der Waals surface area contributed by atoms with E-state index in [0.717, 1.165) is 27.7 Å². The molecule has 5 heteroatoms. The molecule has 3 rings (SSSR count). The van der Waals surface area contributed by atoms with Gasteiger partial charge in [0.15, 0.2) is 0 Å². The number of aromatic amines is 1. The molecule has 0 spiro atoms. The summed E-state index contributed by atoms with van der Waals surface area (Å²) in [6.45, 7) is 5.78. The molecule has 5 nitrogen and oxygen atoms in total. The number of nitrogens with one attached hydrogen (secondary N) is 1. The zero-order valence-electron chi connectivity index (χ0n) is 14.1. The molecule has 128 valence electrons. The van der Waals surface area contributed by atoms with Gasteiger partial charge in [0.2, 0.25) is 6.54 Å². The molecule has 1 unspecified atom stereocenters. The molecule has 25 heavy (non-hydrogen) atoms. The van der Waals surface area contributed by atoms with Gasteiger partial charge in [-0.25, -0.2) is 0 Å². The van der Waals surface area contributed by atoms with Crippen LogP contribution in [0.3, 0.4) is 0 Å². The van der Waals surface area contributed by atoms with Gasteiger partial charge in [0.05, 0.1) is 5.92 Å². The molecule has 0 aliphatic rings. The normalized spacial score (nSPS) is 12.0. The van der Waals surface area contributed by atoms with Crippen LogP contribution in [0.15, 0.2) is 61.2 Å². The van der Waals surface area contributed by atoms with E-state index in [1.807, 2.05) is 55.5 Å². The average Bonchev–Trinajstić information content (AvgIpc) is 2.94. The molecule has 2 aromatic carbocycles. The summed E-state index contributed by atoms with van der Waals surface area (Å²) in [7, 11) is 0. The summed E-state index contributed by atoms with van der Waals surface area (Å²) in [5.74, 6) is 0.256. The first-order valence-electron chi connectivity index (χ1n) is 8.13. The molecule has 0 bridgehead atoms. The first kappa shape index (κ1) is 16.8. The first-order chi connectivity index (χ1) is 12.1. The Labute approximate surface area is 146 Å². The fraction of sp³-hybridized carbons (Fsp3) is 0.200. The van der Waals surface area contributed by atoms with E-state index >= 15 is 0 Å². The van der Waals surface area contributed by atoms with Gasteiger partial charge >= 0.3 is 0 Å². The number of para-hydroxylation sites is 2. The summed E-state index contributed by atoms with van der Waals surface area (Å²) in [5, 5.41) is 12.4. The molecule has 0 fully saturated rings. The SMILES string of the molecule is C=CCOc1ccccc1C(C[N+](=O)[O-])c1c(C)[nH]c2ccccc12. The number of rotatable bonds is 7. The minimum absolute atomic E-state index is 0.197. The number of nitro groups is 1. The monoisotopic (exact) mass is 336 g/mol. The predicted molar refractivity (Wildman–Crippen MR) is 98.9 cm³/mol. The van der Waals surface area contributed by atoms with Gasteiger partial charge in [-0.05, 0) is 24.6 Å². The van der Waals surface area contributed by atoms with Gasteiger partial charge in [-0.15, -0.1) is 0 Å². The van der Waals surface area contributed by atoms with Gasteiger partial charge in [0.25, 0.3) is 0 Å². The standard InChI is InChI=1S/C20H20N2O3/c1-3-12-25-19-11-7-5-8-15(19)17(13-22(23)24)20-14(2)21-18-10-6-4-9-16(18)20/h3-11,17,21H,1,12-13H2,2H3. The smallest absolute Gasteiger partial charge is 0.214 e. The maximum atomic E-state index is 11.4. The maximum Gasteiger partial charge on any atom is 0.214 e. The van der Waals surface area contributed by atoms with Crippen LogP contribution in [0.2, 0.25) is 0 Å². The number of aryl methyl sites for hydroxylation is 1. The summed E-state index contributed by atoms with van der Waals surface area (Å²) in [6.07, 6.45) is 1.66. The molecule has 1 N–H and O–H groups in total. The predicted octanol–water partition coefficient (Wildman–Crippen LogP) is 4.45. The second kappa shape index (κ2) is 7.21. The summed E-state index contributed by atoms with van der Waals surface area (Å²) in [4.78, 5) is 14.5. The maximum absolute atomic E-state index is 11.4. The molecule has 0 amide bonds. The van der Waals surface area contributed by atoms with Gasteiger partial charge in [-0.1, -0.05) is 49.1 Å². The van der Waals surface area contributed by atoms with Gasteiger partial charge in [-0.3, -0.25) is 10.1 Å². The fourth-order valence-corrected chi connectivity index (χ4v) is 3.29. The quantitative estimate of drug-likeness (QED) is 0.394. The minimum Gasteiger partial charge on any atom is -0.489 e. The van der Waals surface area contributed by atoms with Crippen LogP contribution in [-0.2, 0) is 0 Å². The number of nitrogens with zero attached hydrogens (tertiary/aromatic N) is 1. The highest BCUT2D eigenvalue weighted by atomic mass is 16.6. The average molecular weight is 336 g/mol. The molecule has 1 heterocycles. The van der Waals surface area contributed by atoms with Crippen LogP contribution in [0, 0.1) is 17.0 Å². The first-order valence-corrected chi connectivity index (χ1v) is 8.13. The van der Waals surface area contributed by atoms with Gasteiger partial charge in [0, 0.05) is 27.1 Å². The Morgan fingerprint density at radius 1 is 1.24 bits per heavy atom. The van der Waals surface area contributed by atoms with Crippen molar-refractivity contribution in [1.82, 2.24) is 4.98 Å². The van der Waals surface area contributed by atoms with E-state index in [-0.39, 0.29) is 11.5 Å². The number of hydrogen-bond donors (Lipinski definition) is 1. The number of hydrogen-bond acceptors (Lipinski definition) is 3. The highest BCUT2D eigenvalue weighted by molar-refractivity contribution is 5.85. The van der Waals surface area contributed by atoms with E-state index in [4.69, 9.17) is 4.74 Å². The van der Waals surface area contributed by atoms with Gasteiger partial charge in [0.1, 0.15) is 12.4 Å². The van der Waals surface area contributed by atoms with Crippen LogP contribution >= 0.6 is 0 Å². The molecule has 0 saturated carbocycles. The number of aromatic nitrogens is 1. The molecule has 1 aromatic heterocycles. The van der Waals surface area contributed by atoms with E-state index in [2.05, 4.69) is 11.6 Å². The van der Waals surface area contributed by atoms with Crippen molar-refractivity contribution in [2.24, 2.45) is 0 Å². The van der Waals surface area contributed by atoms with Gasteiger partial charge < -0.3 is 9.72 Å².